The van der Waals surface area contributed by atoms with Crippen LogP contribution in [0.25, 0.3) is 26.6 Å². The summed E-state index contributed by atoms with van der Waals surface area (Å²) in [5, 5.41) is 16.4. The Hall–Kier alpha value is -2.87. The molecule has 1 aromatic heterocycles. The second-order valence-corrected chi connectivity index (χ2v) is 5.89. The Bertz CT molecular complexity index is 1010. The number of pyridine rings is 1. The molecule has 8 heteroatoms. The SMILES string of the molecule is Cc1c2c(=O)n(-c3nc4ccccc4s3)nc-2cc([O-])n1N. The van der Waals surface area contributed by atoms with Gasteiger partial charge in [0.05, 0.1) is 27.2 Å². The van der Waals surface area contributed by atoms with Crippen molar-refractivity contribution in [2.75, 3.05) is 5.84 Å². The lowest BCUT2D eigenvalue weighted by Gasteiger charge is -2.17. The Labute approximate surface area is 128 Å². The van der Waals surface area contributed by atoms with Crippen molar-refractivity contribution < 1.29 is 5.11 Å². The van der Waals surface area contributed by atoms with Crippen molar-refractivity contribution in [2.45, 2.75) is 6.92 Å². The van der Waals surface area contributed by atoms with Crippen molar-refractivity contribution >= 4 is 21.6 Å². The molecule has 2 aliphatic rings. The number of nitrogens with two attached hydrogens (primary N) is 1. The third-order valence-electron chi connectivity index (χ3n) is 3.55. The van der Waals surface area contributed by atoms with Gasteiger partial charge >= 0.3 is 0 Å². The zero-order chi connectivity index (χ0) is 15.4. The van der Waals surface area contributed by atoms with Crippen LogP contribution in [0.4, 0.5) is 0 Å². The second kappa shape index (κ2) is 4.31. The molecule has 0 unspecified atom stereocenters. The zero-order valence-corrected chi connectivity index (χ0v) is 12.3. The van der Waals surface area contributed by atoms with Crippen LogP contribution in [-0.4, -0.2) is 19.4 Å². The topological polar surface area (TPSA) is 102 Å². The van der Waals surface area contributed by atoms with Gasteiger partial charge in [0, 0.05) is 0 Å². The van der Waals surface area contributed by atoms with Crippen molar-refractivity contribution in [3.63, 3.8) is 0 Å². The van der Waals surface area contributed by atoms with E-state index in [1.807, 2.05) is 24.3 Å². The number of benzene rings is 1. The standard InChI is InChI=1S/C14H11N5O2S/c1-7-12-9(6-11(20)18(7)15)17-19(13(12)21)14-16-8-4-2-3-5-10(8)22-14/h2-6,20H,15H2,1H3/p-1. The number of thiazole rings is 1. The average Bonchev–Trinajstić information content (AvgIpc) is 3.06. The van der Waals surface area contributed by atoms with Crippen molar-refractivity contribution in [1.82, 2.24) is 19.4 Å². The van der Waals surface area contributed by atoms with Crippen LogP contribution in [-0.2, 0) is 0 Å². The van der Waals surface area contributed by atoms with Gasteiger partial charge in [0.1, 0.15) is 0 Å². The first kappa shape index (κ1) is 12.8. The molecule has 0 saturated heterocycles. The fourth-order valence-corrected chi connectivity index (χ4v) is 3.33. The predicted octanol–water partition coefficient (Wildman–Crippen LogP) is 0.844. The van der Waals surface area contributed by atoms with Gasteiger partial charge in [-0.2, -0.15) is 9.78 Å². The molecule has 3 heterocycles. The van der Waals surface area contributed by atoms with Gasteiger partial charge in [-0.05, 0) is 31.0 Å². The lowest BCUT2D eigenvalue weighted by molar-refractivity contribution is -0.278. The molecular weight excluding hydrogens is 302 g/mol. The molecule has 2 N–H and O–H groups in total. The molecule has 0 atom stereocenters. The third-order valence-corrected chi connectivity index (χ3v) is 4.57. The molecule has 4 rings (SSSR count). The maximum Gasteiger partial charge on any atom is 0.284 e. The molecule has 22 heavy (non-hydrogen) atoms. The van der Waals surface area contributed by atoms with E-state index in [1.165, 1.54) is 22.1 Å². The minimum atomic E-state index is -0.404. The Morgan fingerprint density at radius 2 is 2.09 bits per heavy atom. The summed E-state index contributed by atoms with van der Waals surface area (Å²) in [4.78, 5) is 17.0. The lowest BCUT2D eigenvalue weighted by Crippen LogP contribution is -2.22. The minimum absolute atomic E-state index is 0.327. The maximum absolute atomic E-state index is 12.6. The highest BCUT2D eigenvalue weighted by molar-refractivity contribution is 7.20. The molecule has 110 valence electrons. The molecule has 0 fully saturated rings. The second-order valence-electron chi connectivity index (χ2n) is 4.88. The summed E-state index contributed by atoms with van der Waals surface area (Å²) in [5.74, 6) is 5.24. The van der Waals surface area contributed by atoms with Crippen molar-refractivity contribution in [1.29, 1.82) is 0 Å². The van der Waals surface area contributed by atoms with Crippen LogP contribution in [0.1, 0.15) is 5.69 Å². The fourth-order valence-electron chi connectivity index (χ4n) is 2.41. The number of para-hydroxylation sites is 1. The number of rotatable bonds is 1. The number of aromatic nitrogens is 4. The van der Waals surface area contributed by atoms with Crippen molar-refractivity contribution in [2.24, 2.45) is 0 Å². The monoisotopic (exact) mass is 312 g/mol. The van der Waals surface area contributed by atoms with Gasteiger partial charge in [-0.25, -0.2) is 4.98 Å². The fraction of sp³-hybridized carbons (Fsp3) is 0.0714. The summed E-state index contributed by atoms with van der Waals surface area (Å²) in [5.41, 5.74) is 1.53. The third kappa shape index (κ3) is 1.64. The first-order valence-electron chi connectivity index (χ1n) is 6.49. The van der Waals surface area contributed by atoms with Gasteiger partial charge in [0.15, 0.2) is 0 Å². The van der Waals surface area contributed by atoms with Gasteiger partial charge in [-0.3, -0.25) is 9.47 Å². The predicted molar refractivity (Wildman–Crippen MR) is 82.0 cm³/mol. The van der Waals surface area contributed by atoms with E-state index in [9.17, 15) is 9.90 Å². The molecule has 0 spiro atoms. The van der Waals surface area contributed by atoms with Gasteiger partial charge < -0.3 is 10.9 Å². The van der Waals surface area contributed by atoms with E-state index < -0.39 is 5.88 Å². The summed E-state index contributed by atoms with van der Waals surface area (Å²) in [6, 6.07) is 8.85. The van der Waals surface area contributed by atoms with Crippen LogP contribution in [0.2, 0.25) is 0 Å². The lowest BCUT2D eigenvalue weighted by atomic mass is 10.1. The van der Waals surface area contributed by atoms with Gasteiger partial charge in [-0.1, -0.05) is 23.5 Å². The number of fused-ring (bicyclic) bond motifs is 2. The molecule has 2 aromatic rings. The summed E-state index contributed by atoms with van der Waals surface area (Å²) in [6.07, 6.45) is 0. The van der Waals surface area contributed by atoms with E-state index in [0.717, 1.165) is 14.9 Å². The van der Waals surface area contributed by atoms with E-state index in [1.54, 1.807) is 6.92 Å². The van der Waals surface area contributed by atoms with Crippen LogP contribution in [0, 0.1) is 6.92 Å². The molecule has 1 aromatic carbocycles. The molecule has 0 saturated carbocycles. The largest absolute Gasteiger partial charge is 0.859 e. The molecule has 2 aliphatic heterocycles. The Morgan fingerprint density at radius 3 is 2.86 bits per heavy atom. The van der Waals surface area contributed by atoms with E-state index in [0.29, 0.717) is 22.1 Å². The van der Waals surface area contributed by atoms with Crippen molar-refractivity contribution in [3.8, 4) is 22.3 Å². The van der Waals surface area contributed by atoms with Gasteiger partial charge in [0.25, 0.3) is 5.56 Å². The molecule has 0 amide bonds. The highest BCUT2D eigenvalue weighted by Gasteiger charge is 2.21. The highest BCUT2D eigenvalue weighted by Crippen LogP contribution is 2.27. The van der Waals surface area contributed by atoms with E-state index in [-0.39, 0.29) is 5.56 Å². The van der Waals surface area contributed by atoms with Crippen LogP contribution in [0.15, 0.2) is 35.1 Å². The van der Waals surface area contributed by atoms with E-state index in [4.69, 9.17) is 5.84 Å². The number of hydrogen-bond donors (Lipinski definition) is 1. The summed E-state index contributed by atoms with van der Waals surface area (Å²) in [7, 11) is 0. The summed E-state index contributed by atoms with van der Waals surface area (Å²) < 4.78 is 3.14. The smallest absolute Gasteiger partial charge is 0.284 e. The molecular formula is C14H10N5O2S-. The van der Waals surface area contributed by atoms with Crippen LogP contribution >= 0.6 is 11.3 Å². The van der Waals surface area contributed by atoms with Gasteiger partial charge in [0.2, 0.25) is 5.13 Å². The number of nitrogens with zero attached hydrogens (tertiary/aromatic N) is 4. The van der Waals surface area contributed by atoms with Crippen LogP contribution < -0.4 is 16.5 Å². The van der Waals surface area contributed by atoms with Gasteiger partial charge in [-0.15, -0.1) is 0 Å². The van der Waals surface area contributed by atoms with E-state index >= 15 is 0 Å². The van der Waals surface area contributed by atoms with E-state index in [2.05, 4.69) is 10.1 Å². The average molecular weight is 312 g/mol. The van der Waals surface area contributed by atoms with Crippen molar-refractivity contribution in [3.05, 3.63) is 46.4 Å². The molecule has 0 radical (unpaired) electrons. The Kier molecular flexibility index (Phi) is 2.52. The van der Waals surface area contributed by atoms with Crippen LogP contribution in [0.5, 0.6) is 5.88 Å². The highest BCUT2D eigenvalue weighted by atomic mass is 32.1. The number of nitrogen functional groups attached to an aromatic ring is 1. The first-order valence-corrected chi connectivity index (χ1v) is 7.31. The quantitative estimate of drug-likeness (QED) is 0.525. The Balaban J connectivity index is 2.04. The minimum Gasteiger partial charge on any atom is -0.859 e. The number of hydrogen-bond acceptors (Lipinski definition) is 6. The molecule has 0 bridgehead atoms. The maximum atomic E-state index is 12.6. The van der Waals surface area contributed by atoms with Crippen LogP contribution in [0.3, 0.4) is 0 Å². The summed E-state index contributed by atoms with van der Waals surface area (Å²) >= 11 is 1.37. The molecule has 7 nitrogen and oxygen atoms in total. The first-order chi connectivity index (χ1) is 10.6. The zero-order valence-electron chi connectivity index (χ0n) is 11.5. The normalized spacial score (nSPS) is 11.5. The molecule has 0 aliphatic carbocycles. The summed E-state index contributed by atoms with van der Waals surface area (Å²) in [6.45, 7) is 1.62. The Morgan fingerprint density at radius 1 is 1.32 bits per heavy atom.